The smallest absolute Gasteiger partial charge is 0.317 e. The molecule has 2 saturated heterocycles. The zero-order chi connectivity index (χ0) is 19.9. The first kappa shape index (κ1) is 20.0. The predicted molar refractivity (Wildman–Crippen MR) is 98.4 cm³/mol. The van der Waals surface area contributed by atoms with Gasteiger partial charge in [-0.2, -0.15) is 4.31 Å². The Labute approximate surface area is 159 Å². The summed E-state index contributed by atoms with van der Waals surface area (Å²) in [5.74, 6) is 0. The Hall–Kier alpha value is -1.71. The van der Waals surface area contributed by atoms with E-state index in [1.165, 1.54) is 17.0 Å². The van der Waals surface area contributed by atoms with Crippen LogP contribution >= 0.6 is 0 Å². The number of hydrogen-bond donors (Lipinski definition) is 1. The number of carbonyl (C=O) groups excluding carboxylic acids is 1. The topological polar surface area (TPSA) is 79.0 Å². The summed E-state index contributed by atoms with van der Waals surface area (Å²) in [7, 11) is -3.90. The third-order valence-electron chi connectivity index (χ3n) is 4.78. The zero-order valence-corrected chi connectivity index (χ0v) is 16.6. The van der Waals surface area contributed by atoms with Gasteiger partial charge in [0.15, 0.2) is 11.9 Å². The maximum atomic E-state index is 15.2. The normalized spacial score (nSPS) is 27.1. The largest absolute Gasteiger partial charge is 0.355 e. The van der Waals surface area contributed by atoms with Gasteiger partial charge in [-0.25, -0.2) is 17.6 Å². The second kappa shape index (κ2) is 7.03. The lowest BCUT2D eigenvalue weighted by Gasteiger charge is -2.45. The van der Waals surface area contributed by atoms with Gasteiger partial charge in [0.2, 0.25) is 10.0 Å². The number of rotatable bonds is 2. The molecule has 0 saturated carbocycles. The first-order valence-corrected chi connectivity index (χ1v) is 10.4. The van der Waals surface area contributed by atoms with Gasteiger partial charge in [0.05, 0.1) is 18.0 Å². The Bertz CT molecular complexity index is 797. The van der Waals surface area contributed by atoms with Crippen LogP contribution in [0.15, 0.2) is 35.2 Å². The van der Waals surface area contributed by atoms with Crippen molar-refractivity contribution in [3.8, 4) is 0 Å². The summed E-state index contributed by atoms with van der Waals surface area (Å²) >= 11 is 0. The van der Waals surface area contributed by atoms with Gasteiger partial charge in [-0.15, -0.1) is 0 Å². The Morgan fingerprint density at radius 3 is 2.52 bits per heavy atom. The van der Waals surface area contributed by atoms with Gasteiger partial charge >= 0.3 is 6.03 Å². The van der Waals surface area contributed by atoms with Crippen LogP contribution < -0.4 is 5.32 Å². The van der Waals surface area contributed by atoms with Crippen LogP contribution in [0.1, 0.15) is 27.2 Å². The van der Waals surface area contributed by atoms with Crippen molar-refractivity contribution in [2.75, 3.05) is 26.2 Å². The van der Waals surface area contributed by atoms with Gasteiger partial charge in [-0.1, -0.05) is 18.2 Å². The molecule has 0 bridgehead atoms. The molecule has 2 unspecified atom stereocenters. The highest BCUT2D eigenvalue weighted by atomic mass is 32.2. The third-order valence-corrected chi connectivity index (χ3v) is 6.72. The summed E-state index contributed by atoms with van der Waals surface area (Å²) in [5, 5.41) is 2.80. The molecule has 2 amide bonds. The Morgan fingerprint density at radius 2 is 1.93 bits per heavy atom. The second-order valence-electron chi connectivity index (χ2n) is 7.93. The average Bonchev–Trinajstić information content (AvgIpc) is 3.02. The lowest BCUT2D eigenvalue weighted by atomic mass is 9.98. The van der Waals surface area contributed by atoms with Crippen LogP contribution in [0.25, 0.3) is 0 Å². The van der Waals surface area contributed by atoms with E-state index in [1.54, 1.807) is 18.2 Å². The van der Waals surface area contributed by atoms with Crippen molar-refractivity contribution in [1.29, 1.82) is 0 Å². The number of sulfonamides is 1. The van der Waals surface area contributed by atoms with Crippen LogP contribution in [-0.2, 0) is 14.8 Å². The highest BCUT2D eigenvalue weighted by Gasteiger charge is 2.57. The lowest BCUT2D eigenvalue weighted by Crippen LogP contribution is -2.64. The van der Waals surface area contributed by atoms with Crippen LogP contribution in [0.2, 0.25) is 0 Å². The number of likely N-dealkylation sites (tertiary alicyclic amines) is 1. The third kappa shape index (κ3) is 3.81. The molecular weight excluding hydrogens is 373 g/mol. The van der Waals surface area contributed by atoms with Gasteiger partial charge in [-0.05, 0) is 32.9 Å². The number of nitrogens with one attached hydrogen (secondary N) is 1. The summed E-state index contributed by atoms with van der Waals surface area (Å²) in [4.78, 5) is 13.8. The SMILES string of the molecule is CC(C)(C)NC(=O)N1CCC2(OCCN2S(=O)(=O)c2ccccc2)C(F)C1. The fourth-order valence-electron chi connectivity index (χ4n) is 3.52. The first-order chi connectivity index (χ1) is 12.6. The molecule has 2 aliphatic rings. The van der Waals surface area contributed by atoms with E-state index in [-0.39, 0.29) is 43.6 Å². The molecule has 2 aliphatic heterocycles. The lowest BCUT2D eigenvalue weighted by molar-refractivity contribution is -0.135. The molecule has 1 aromatic carbocycles. The molecule has 27 heavy (non-hydrogen) atoms. The van der Waals surface area contributed by atoms with Crippen LogP contribution in [0, 0.1) is 0 Å². The molecule has 2 fully saturated rings. The Morgan fingerprint density at radius 1 is 1.26 bits per heavy atom. The van der Waals surface area contributed by atoms with Gasteiger partial charge in [-0.3, -0.25) is 0 Å². The number of halogens is 1. The van der Waals surface area contributed by atoms with E-state index in [9.17, 15) is 13.2 Å². The minimum Gasteiger partial charge on any atom is -0.355 e. The molecule has 1 spiro atoms. The monoisotopic (exact) mass is 399 g/mol. The van der Waals surface area contributed by atoms with Crippen molar-refractivity contribution in [3.05, 3.63) is 30.3 Å². The van der Waals surface area contributed by atoms with Gasteiger partial charge in [0, 0.05) is 25.0 Å². The standard InChI is InChI=1S/C18H26FN3O4S/c1-17(2,3)20-16(23)21-10-9-18(15(19)13-21)22(11-12-26-18)27(24,25)14-7-5-4-6-8-14/h4-8,15H,9-13H2,1-3H3,(H,20,23). The summed E-state index contributed by atoms with van der Waals surface area (Å²) in [6.45, 7) is 5.74. The minimum atomic E-state index is -3.90. The van der Waals surface area contributed by atoms with Gasteiger partial charge < -0.3 is 15.0 Å². The van der Waals surface area contributed by atoms with Crippen molar-refractivity contribution >= 4 is 16.1 Å². The van der Waals surface area contributed by atoms with Crippen LogP contribution in [-0.4, -0.2) is 67.3 Å². The maximum absolute atomic E-state index is 15.2. The summed E-state index contributed by atoms with van der Waals surface area (Å²) in [6.07, 6.45) is -1.56. The highest BCUT2D eigenvalue weighted by Crippen LogP contribution is 2.39. The molecular formula is C18H26FN3O4S. The predicted octanol–water partition coefficient (Wildman–Crippen LogP) is 1.96. The Kier molecular flexibility index (Phi) is 5.22. The van der Waals surface area contributed by atoms with Crippen molar-refractivity contribution in [3.63, 3.8) is 0 Å². The molecule has 0 aromatic heterocycles. The Balaban J connectivity index is 1.81. The summed E-state index contributed by atoms with van der Waals surface area (Å²) < 4.78 is 48.1. The van der Waals surface area contributed by atoms with E-state index in [0.717, 1.165) is 4.31 Å². The molecule has 150 valence electrons. The molecule has 0 radical (unpaired) electrons. The van der Waals surface area contributed by atoms with E-state index in [0.29, 0.717) is 0 Å². The van der Waals surface area contributed by atoms with Crippen molar-refractivity contribution in [2.45, 2.75) is 49.5 Å². The first-order valence-electron chi connectivity index (χ1n) is 8.99. The van der Waals surface area contributed by atoms with Crippen molar-refractivity contribution < 1.29 is 22.3 Å². The zero-order valence-electron chi connectivity index (χ0n) is 15.8. The van der Waals surface area contributed by atoms with Gasteiger partial charge in [0.25, 0.3) is 0 Å². The van der Waals surface area contributed by atoms with Crippen LogP contribution in [0.5, 0.6) is 0 Å². The average molecular weight is 399 g/mol. The van der Waals surface area contributed by atoms with E-state index in [2.05, 4.69) is 5.32 Å². The number of urea groups is 1. The van der Waals surface area contributed by atoms with Crippen molar-refractivity contribution in [1.82, 2.24) is 14.5 Å². The van der Waals surface area contributed by atoms with E-state index in [4.69, 9.17) is 4.74 Å². The number of ether oxygens (including phenoxy) is 1. The van der Waals surface area contributed by atoms with E-state index < -0.39 is 27.5 Å². The number of carbonyl (C=O) groups is 1. The number of amides is 2. The molecule has 2 atom stereocenters. The molecule has 1 N–H and O–H groups in total. The number of nitrogens with zero attached hydrogens (tertiary/aromatic N) is 2. The number of alkyl halides is 1. The number of piperidine rings is 1. The van der Waals surface area contributed by atoms with Crippen LogP contribution in [0.3, 0.4) is 0 Å². The fourth-order valence-corrected chi connectivity index (χ4v) is 5.25. The molecule has 1 aromatic rings. The fraction of sp³-hybridized carbons (Fsp3) is 0.611. The van der Waals surface area contributed by atoms with E-state index in [1.807, 2.05) is 20.8 Å². The molecule has 0 aliphatic carbocycles. The molecule has 9 heteroatoms. The molecule has 2 heterocycles. The number of benzene rings is 1. The maximum Gasteiger partial charge on any atom is 0.317 e. The van der Waals surface area contributed by atoms with Gasteiger partial charge in [0.1, 0.15) is 0 Å². The number of hydrogen-bond acceptors (Lipinski definition) is 4. The molecule has 3 rings (SSSR count). The molecule has 7 nitrogen and oxygen atoms in total. The quantitative estimate of drug-likeness (QED) is 0.825. The van der Waals surface area contributed by atoms with E-state index >= 15 is 4.39 Å². The highest BCUT2D eigenvalue weighted by molar-refractivity contribution is 7.89. The second-order valence-corrected chi connectivity index (χ2v) is 9.79. The minimum absolute atomic E-state index is 0.0811. The summed E-state index contributed by atoms with van der Waals surface area (Å²) in [6, 6.07) is 7.59. The van der Waals surface area contributed by atoms with Crippen LogP contribution in [0.4, 0.5) is 9.18 Å². The van der Waals surface area contributed by atoms with Crippen molar-refractivity contribution in [2.24, 2.45) is 0 Å². The summed E-state index contributed by atoms with van der Waals surface area (Å²) in [5.41, 5.74) is -2.00.